The number of nitrogens with two attached hydrogens (primary N) is 1. The molecule has 0 spiro atoms. The lowest BCUT2D eigenvalue weighted by atomic mass is 10.1. The van der Waals surface area contributed by atoms with Gasteiger partial charge in [-0.3, -0.25) is 0 Å². The number of nitrogens with one attached hydrogen (secondary N) is 2. The molecule has 0 fully saturated rings. The predicted molar refractivity (Wildman–Crippen MR) is 92.9 cm³/mol. The number of halogens is 1. The summed E-state index contributed by atoms with van der Waals surface area (Å²) in [5.74, 6) is 0.731. The van der Waals surface area contributed by atoms with Gasteiger partial charge in [-0.2, -0.15) is 0 Å². The highest BCUT2D eigenvalue weighted by Crippen LogP contribution is 2.31. The van der Waals surface area contributed by atoms with Crippen LogP contribution in [0.5, 0.6) is 5.75 Å². The smallest absolute Gasteiger partial charge is 0.169 e. The molecule has 0 atom stereocenters. The third-order valence-electron chi connectivity index (χ3n) is 3.69. The molecule has 0 saturated heterocycles. The van der Waals surface area contributed by atoms with Gasteiger partial charge in [-0.15, -0.1) is 0 Å². The molecule has 1 heterocycles. The molecule has 1 aromatic heterocycles. The van der Waals surface area contributed by atoms with Gasteiger partial charge in [-0.1, -0.05) is 6.07 Å². The molecule has 0 aliphatic heterocycles. The first kappa shape index (κ1) is 15.9. The number of fused-ring (bicyclic) bond motifs is 1. The van der Waals surface area contributed by atoms with Crippen molar-refractivity contribution in [2.24, 2.45) is 0 Å². The number of aromatic nitrogens is 2. The van der Waals surface area contributed by atoms with E-state index in [0.29, 0.717) is 17.9 Å². The van der Waals surface area contributed by atoms with E-state index in [2.05, 4.69) is 20.6 Å². The van der Waals surface area contributed by atoms with Crippen molar-refractivity contribution in [2.45, 2.75) is 6.54 Å². The maximum Gasteiger partial charge on any atom is 0.169 e. The van der Waals surface area contributed by atoms with E-state index in [0.717, 1.165) is 16.7 Å². The van der Waals surface area contributed by atoms with Gasteiger partial charge in [0, 0.05) is 23.6 Å². The van der Waals surface area contributed by atoms with Crippen LogP contribution < -0.4 is 21.1 Å². The zero-order valence-electron chi connectivity index (χ0n) is 13.4. The number of rotatable bonds is 5. The quantitative estimate of drug-likeness (QED) is 0.625. The summed E-state index contributed by atoms with van der Waals surface area (Å²) >= 11 is 0. The first-order chi connectivity index (χ1) is 11.6. The van der Waals surface area contributed by atoms with Crippen molar-refractivity contribution in [3.05, 3.63) is 48.0 Å². The van der Waals surface area contributed by atoms with E-state index in [-0.39, 0.29) is 11.4 Å². The zero-order chi connectivity index (χ0) is 17.1. The highest BCUT2D eigenvalue weighted by molar-refractivity contribution is 5.92. The number of benzene rings is 2. The van der Waals surface area contributed by atoms with Crippen LogP contribution in [-0.4, -0.2) is 24.1 Å². The van der Waals surface area contributed by atoms with Gasteiger partial charge in [0.2, 0.25) is 0 Å². The van der Waals surface area contributed by atoms with Crippen LogP contribution >= 0.6 is 0 Å². The number of methoxy groups -OCH3 is 1. The molecule has 3 rings (SSSR count). The highest BCUT2D eigenvalue weighted by atomic mass is 19.1. The molecule has 0 aliphatic rings. The summed E-state index contributed by atoms with van der Waals surface area (Å²) in [6.07, 6.45) is 1.42. The molecule has 0 saturated carbocycles. The molecule has 0 radical (unpaired) electrons. The number of nitrogen functional groups attached to an aromatic ring is 1. The van der Waals surface area contributed by atoms with Gasteiger partial charge in [0.05, 0.1) is 24.0 Å². The third-order valence-corrected chi connectivity index (χ3v) is 3.69. The summed E-state index contributed by atoms with van der Waals surface area (Å²) < 4.78 is 19.5. The Kier molecular flexibility index (Phi) is 4.43. The normalized spacial score (nSPS) is 10.8. The molecule has 0 bridgehead atoms. The van der Waals surface area contributed by atoms with Gasteiger partial charge in [-0.05, 0) is 25.2 Å². The summed E-state index contributed by atoms with van der Waals surface area (Å²) in [5.41, 5.74) is 7.62. The molecular formula is C17H18FN5O. The van der Waals surface area contributed by atoms with Crippen LogP contribution in [0.25, 0.3) is 10.9 Å². The predicted octanol–water partition coefficient (Wildman–Crippen LogP) is 2.82. The van der Waals surface area contributed by atoms with Gasteiger partial charge in [0.1, 0.15) is 17.9 Å². The van der Waals surface area contributed by atoms with E-state index in [1.165, 1.54) is 12.4 Å². The fraction of sp³-hybridized carbons (Fsp3) is 0.176. The van der Waals surface area contributed by atoms with Crippen LogP contribution in [0.15, 0.2) is 36.7 Å². The minimum absolute atomic E-state index is 0.0795. The molecule has 2 aromatic carbocycles. The first-order valence-corrected chi connectivity index (χ1v) is 7.41. The number of ether oxygens (including phenoxy) is 1. The largest absolute Gasteiger partial charge is 0.496 e. The lowest BCUT2D eigenvalue weighted by Crippen LogP contribution is -2.07. The Bertz CT molecular complexity index is 884. The standard InChI is InChI=1S/C17H18FN5O/c1-20-8-10-6-11-14(7-15(10)24-2)21-9-22-17(11)23-13-5-3-4-12(19)16(13)18/h3-7,9,20H,8,19H2,1-2H3,(H,21,22,23). The van der Waals surface area contributed by atoms with E-state index >= 15 is 0 Å². The lowest BCUT2D eigenvalue weighted by molar-refractivity contribution is 0.409. The minimum Gasteiger partial charge on any atom is -0.496 e. The summed E-state index contributed by atoms with van der Waals surface area (Å²) in [4.78, 5) is 8.50. The van der Waals surface area contributed by atoms with Crippen LogP contribution in [0.3, 0.4) is 0 Å². The van der Waals surface area contributed by atoms with Gasteiger partial charge >= 0.3 is 0 Å². The van der Waals surface area contributed by atoms with Crippen LogP contribution in [0.2, 0.25) is 0 Å². The van der Waals surface area contributed by atoms with Crippen molar-refractivity contribution in [1.29, 1.82) is 0 Å². The Morgan fingerprint density at radius 3 is 2.83 bits per heavy atom. The molecule has 0 amide bonds. The van der Waals surface area contributed by atoms with Crippen molar-refractivity contribution >= 4 is 28.1 Å². The van der Waals surface area contributed by atoms with E-state index in [1.54, 1.807) is 19.2 Å². The fourth-order valence-electron chi connectivity index (χ4n) is 2.52. The Hall–Kier alpha value is -2.93. The number of hydrogen-bond acceptors (Lipinski definition) is 6. The number of nitrogens with zero attached hydrogens (tertiary/aromatic N) is 2. The van der Waals surface area contributed by atoms with Crippen LogP contribution in [0, 0.1) is 5.82 Å². The van der Waals surface area contributed by atoms with Crippen LogP contribution in [0.4, 0.5) is 21.6 Å². The van der Waals surface area contributed by atoms with Crippen molar-refractivity contribution in [3.63, 3.8) is 0 Å². The van der Waals surface area contributed by atoms with Gasteiger partial charge in [-0.25, -0.2) is 14.4 Å². The second-order valence-corrected chi connectivity index (χ2v) is 5.27. The van der Waals surface area contributed by atoms with E-state index in [9.17, 15) is 4.39 Å². The Labute approximate surface area is 138 Å². The van der Waals surface area contributed by atoms with E-state index in [1.807, 2.05) is 19.2 Å². The van der Waals surface area contributed by atoms with Crippen LogP contribution in [0.1, 0.15) is 5.56 Å². The molecule has 124 valence electrons. The van der Waals surface area contributed by atoms with Crippen molar-refractivity contribution in [2.75, 3.05) is 25.2 Å². The fourth-order valence-corrected chi connectivity index (χ4v) is 2.52. The summed E-state index contributed by atoms with van der Waals surface area (Å²) in [6, 6.07) is 8.56. The topological polar surface area (TPSA) is 85.1 Å². The van der Waals surface area contributed by atoms with Gasteiger partial charge in [0.15, 0.2) is 5.82 Å². The Morgan fingerprint density at radius 2 is 2.08 bits per heavy atom. The zero-order valence-corrected chi connectivity index (χ0v) is 13.4. The Balaban J connectivity index is 2.10. The minimum atomic E-state index is -0.506. The average molecular weight is 327 g/mol. The third kappa shape index (κ3) is 2.93. The maximum absolute atomic E-state index is 14.1. The second-order valence-electron chi connectivity index (χ2n) is 5.27. The summed E-state index contributed by atoms with van der Waals surface area (Å²) in [7, 11) is 3.47. The second kappa shape index (κ2) is 6.67. The average Bonchev–Trinajstić information content (AvgIpc) is 2.59. The molecule has 0 aliphatic carbocycles. The van der Waals surface area contributed by atoms with Gasteiger partial charge < -0.3 is 21.1 Å². The number of anilines is 3. The summed E-state index contributed by atoms with van der Waals surface area (Å²) in [6.45, 7) is 0.625. The SMILES string of the molecule is CNCc1cc2c(Nc3cccc(N)c3F)ncnc2cc1OC. The Morgan fingerprint density at radius 1 is 1.25 bits per heavy atom. The molecule has 4 N–H and O–H groups in total. The molecular weight excluding hydrogens is 309 g/mol. The first-order valence-electron chi connectivity index (χ1n) is 7.41. The van der Waals surface area contributed by atoms with Crippen LogP contribution in [-0.2, 0) is 6.54 Å². The van der Waals surface area contributed by atoms with Crippen molar-refractivity contribution in [1.82, 2.24) is 15.3 Å². The van der Waals surface area contributed by atoms with Crippen molar-refractivity contribution < 1.29 is 9.13 Å². The molecule has 7 heteroatoms. The molecule has 3 aromatic rings. The van der Waals surface area contributed by atoms with E-state index in [4.69, 9.17) is 10.5 Å². The van der Waals surface area contributed by atoms with Gasteiger partial charge in [0.25, 0.3) is 0 Å². The monoisotopic (exact) mass is 327 g/mol. The summed E-state index contributed by atoms with van der Waals surface area (Å²) in [5, 5.41) is 6.86. The lowest BCUT2D eigenvalue weighted by Gasteiger charge is -2.13. The van der Waals surface area contributed by atoms with E-state index < -0.39 is 5.82 Å². The molecule has 0 unspecified atom stereocenters. The number of hydrogen-bond donors (Lipinski definition) is 3. The maximum atomic E-state index is 14.1. The van der Waals surface area contributed by atoms with Crippen molar-refractivity contribution in [3.8, 4) is 5.75 Å². The highest BCUT2D eigenvalue weighted by Gasteiger charge is 2.12. The molecule has 24 heavy (non-hydrogen) atoms. The molecule has 6 nitrogen and oxygen atoms in total.